The monoisotopic (exact) mass is 265 g/mol. The predicted molar refractivity (Wildman–Crippen MR) is 76.6 cm³/mol. The van der Waals surface area contributed by atoms with Gasteiger partial charge in [0, 0.05) is 23.8 Å². The van der Waals surface area contributed by atoms with Crippen LogP contribution in [-0.2, 0) is 9.53 Å². The second kappa shape index (κ2) is 9.03. The van der Waals surface area contributed by atoms with Crippen LogP contribution in [0.1, 0.15) is 27.2 Å². The summed E-state index contributed by atoms with van der Waals surface area (Å²) in [5, 5.41) is 0. The SMILES string of the molecule is C=C(N=C/C(C=O)=C\C)C(/C=C(\C)F)=C(/CC)OC. The van der Waals surface area contributed by atoms with Gasteiger partial charge in [-0.3, -0.25) is 9.79 Å². The van der Waals surface area contributed by atoms with Crippen molar-refractivity contribution in [2.75, 3.05) is 7.11 Å². The minimum atomic E-state index is -0.365. The number of allylic oxidation sites excluding steroid dienone is 5. The van der Waals surface area contributed by atoms with Crippen molar-refractivity contribution in [3.63, 3.8) is 0 Å². The first kappa shape index (κ1) is 17.0. The maximum absolute atomic E-state index is 13.1. The van der Waals surface area contributed by atoms with E-state index in [1.807, 2.05) is 6.92 Å². The molecule has 0 aliphatic carbocycles. The van der Waals surface area contributed by atoms with Gasteiger partial charge in [0.05, 0.1) is 18.6 Å². The fourth-order valence-electron chi connectivity index (χ4n) is 1.36. The molecular weight excluding hydrogens is 245 g/mol. The maximum atomic E-state index is 13.1. The molecule has 4 heteroatoms. The molecule has 0 aliphatic heterocycles. The molecule has 0 heterocycles. The molecule has 0 aromatic heterocycles. The van der Waals surface area contributed by atoms with Crippen molar-refractivity contribution < 1.29 is 13.9 Å². The topological polar surface area (TPSA) is 38.7 Å². The summed E-state index contributed by atoms with van der Waals surface area (Å²) >= 11 is 0. The van der Waals surface area contributed by atoms with Crippen LogP contribution in [0, 0.1) is 0 Å². The van der Waals surface area contributed by atoms with Gasteiger partial charge in [0.25, 0.3) is 0 Å². The van der Waals surface area contributed by atoms with Crippen molar-refractivity contribution >= 4 is 12.5 Å². The van der Waals surface area contributed by atoms with E-state index in [4.69, 9.17) is 4.74 Å². The minimum absolute atomic E-state index is 0.344. The van der Waals surface area contributed by atoms with Gasteiger partial charge in [0.1, 0.15) is 5.76 Å². The van der Waals surface area contributed by atoms with E-state index in [-0.39, 0.29) is 5.83 Å². The second-order valence-electron chi connectivity index (χ2n) is 3.74. The zero-order chi connectivity index (χ0) is 14.8. The molecule has 19 heavy (non-hydrogen) atoms. The van der Waals surface area contributed by atoms with Crippen LogP contribution in [-0.4, -0.2) is 19.6 Å². The first-order valence-corrected chi connectivity index (χ1v) is 5.95. The third kappa shape index (κ3) is 5.95. The quantitative estimate of drug-likeness (QED) is 0.230. The molecule has 0 N–H and O–H groups in total. The van der Waals surface area contributed by atoms with Gasteiger partial charge in [-0.2, -0.15) is 0 Å². The van der Waals surface area contributed by atoms with Gasteiger partial charge < -0.3 is 4.74 Å². The van der Waals surface area contributed by atoms with E-state index in [9.17, 15) is 9.18 Å². The van der Waals surface area contributed by atoms with Gasteiger partial charge in [0.15, 0.2) is 6.29 Å². The Balaban J connectivity index is 5.43. The number of aliphatic imine (C=N–C) groups is 1. The van der Waals surface area contributed by atoms with Gasteiger partial charge in [-0.15, -0.1) is 0 Å². The highest BCUT2D eigenvalue weighted by molar-refractivity contribution is 6.02. The van der Waals surface area contributed by atoms with E-state index in [0.29, 0.717) is 35.3 Å². The predicted octanol–water partition coefficient (Wildman–Crippen LogP) is 3.90. The average Bonchev–Trinajstić information content (AvgIpc) is 2.39. The van der Waals surface area contributed by atoms with Crippen LogP contribution in [0.2, 0.25) is 0 Å². The van der Waals surface area contributed by atoms with E-state index < -0.39 is 0 Å². The zero-order valence-corrected chi connectivity index (χ0v) is 11.9. The Morgan fingerprint density at radius 2 is 2.11 bits per heavy atom. The number of methoxy groups -OCH3 is 1. The molecule has 0 rings (SSSR count). The summed E-state index contributed by atoms with van der Waals surface area (Å²) < 4.78 is 18.3. The van der Waals surface area contributed by atoms with Gasteiger partial charge in [-0.25, -0.2) is 4.39 Å². The summed E-state index contributed by atoms with van der Waals surface area (Å²) in [6, 6.07) is 0. The number of rotatable bonds is 7. The maximum Gasteiger partial charge on any atom is 0.151 e. The van der Waals surface area contributed by atoms with E-state index in [1.54, 1.807) is 13.0 Å². The summed E-state index contributed by atoms with van der Waals surface area (Å²) in [5.74, 6) is 0.225. The van der Waals surface area contributed by atoms with Crippen LogP contribution >= 0.6 is 0 Å². The first-order valence-electron chi connectivity index (χ1n) is 5.95. The molecular formula is C15H20FNO2. The Hall–Kier alpha value is -1.97. The number of carbonyl (C=O) groups excluding carboxylic acids is 1. The van der Waals surface area contributed by atoms with Gasteiger partial charge in [0.2, 0.25) is 0 Å². The van der Waals surface area contributed by atoms with Crippen LogP contribution in [0.3, 0.4) is 0 Å². The van der Waals surface area contributed by atoms with Crippen molar-refractivity contribution in [3.05, 3.63) is 47.2 Å². The largest absolute Gasteiger partial charge is 0.500 e. The number of ether oxygens (including phenoxy) is 1. The van der Waals surface area contributed by atoms with Crippen molar-refractivity contribution in [1.82, 2.24) is 0 Å². The van der Waals surface area contributed by atoms with Crippen LogP contribution in [0.5, 0.6) is 0 Å². The second-order valence-corrected chi connectivity index (χ2v) is 3.74. The van der Waals surface area contributed by atoms with Crippen LogP contribution in [0.4, 0.5) is 4.39 Å². The zero-order valence-electron chi connectivity index (χ0n) is 11.9. The fraction of sp³-hybridized carbons (Fsp3) is 0.333. The summed E-state index contributed by atoms with van der Waals surface area (Å²) in [7, 11) is 1.51. The molecule has 0 unspecified atom stereocenters. The van der Waals surface area contributed by atoms with Crippen molar-refractivity contribution in [2.24, 2.45) is 4.99 Å². The number of hydrogen-bond donors (Lipinski definition) is 0. The van der Waals surface area contributed by atoms with Crippen molar-refractivity contribution in [1.29, 1.82) is 0 Å². The molecule has 0 aromatic carbocycles. The Bertz CT molecular complexity index is 447. The molecule has 0 radical (unpaired) electrons. The van der Waals surface area contributed by atoms with Crippen molar-refractivity contribution in [2.45, 2.75) is 27.2 Å². The molecule has 0 aromatic rings. The number of nitrogens with zero attached hydrogens (tertiary/aromatic N) is 1. The van der Waals surface area contributed by atoms with Gasteiger partial charge >= 0.3 is 0 Å². The third-order valence-electron chi connectivity index (χ3n) is 2.36. The van der Waals surface area contributed by atoms with Gasteiger partial charge in [-0.05, 0) is 19.9 Å². The number of aldehydes is 1. The lowest BCUT2D eigenvalue weighted by Gasteiger charge is -2.09. The summed E-state index contributed by atoms with van der Waals surface area (Å²) in [4.78, 5) is 14.7. The molecule has 0 spiro atoms. The molecule has 0 saturated heterocycles. The highest BCUT2D eigenvalue weighted by Gasteiger charge is 2.07. The number of hydrogen-bond acceptors (Lipinski definition) is 3. The van der Waals surface area contributed by atoms with Crippen LogP contribution in [0.15, 0.2) is 52.2 Å². The molecule has 0 atom stereocenters. The Morgan fingerprint density at radius 3 is 2.47 bits per heavy atom. The van der Waals surface area contributed by atoms with E-state index in [0.717, 1.165) is 0 Å². The first-order chi connectivity index (χ1) is 8.99. The lowest BCUT2D eigenvalue weighted by atomic mass is 10.1. The minimum Gasteiger partial charge on any atom is -0.500 e. The number of halogens is 1. The number of carbonyl (C=O) groups is 1. The molecule has 0 saturated carbocycles. The van der Waals surface area contributed by atoms with Crippen LogP contribution < -0.4 is 0 Å². The Labute approximate surface area is 113 Å². The molecule has 0 bridgehead atoms. The summed E-state index contributed by atoms with van der Waals surface area (Å²) in [6.45, 7) is 8.73. The average molecular weight is 265 g/mol. The molecule has 3 nitrogen and oxygen atoms in total. The molecule has 0 aliphatic rings. The Kier molecular flexibility index (Phi) is 8.09. The van der Waals surface area contributed by atoms with Crippen LogP contribution in [0.25, 0.3) is 0 Å². The summed E-state index contributed by atoms with van der Waals surface area (Å²) in [6.07, 6.45) is 5.61. The standard InChI is InChI=1S/C15H20FNO2/c1-6-13(10-18)9-17-12(4)14(8-11(3)16)15(7-2)19-5/h6,8-10H,4,7H2,1-3,5H3/b11-8+,13-6+,15-14-,17-9?. The molecule has 0 fully saturated rings. The summed E-state index contributed by atoms with van der Waals surface area (Å²) in [5.41, 5.74) is 1.26. The lowest BCUT2D eigenvalue weighted by Crippen LogP contribution is -1.95. The van der Waals surface area contributed by atoms with E-state index >= 15 is 0 Å². The molecule has 0 amide bonds. The highest BCUT2D eigenvalue weighted by Crippen LogP contribution is 2.21. The third-order valence-corrected chi connectivity index (χ3v) is 2.36. The van der Waals surface area contributed by atoms with Gasteiger partial charge in [-0.1, -0.05) is 19.6 Å². The fourth-order valence-corrected chi connectivity index (χ4v) is 1.36. The smallest absolute Gasteiger partial charge is 0.151 e. The molecule has 104 valence electrons. The highest BCUT2D eigenvalue weighted by atomic mass is 19.1. The van der Waals surface area contributed by atoms with E-state index in [2.05, 4.69) is 11.6 Å². The Morgan fingerprint density at radius 1 is 1.47 bits per heavy atom. The van der Waals surface area contributed by atoms with Crippen molar-refractivity contribution in [3.8, 4) is 0 Å². The lowest BCUT2D eigenvalue weighted by molar-refractivity contribution is -0.104. The van der Waals surface area contributed by atoms with E-state index in [1.165, 1.54) is 26.3 Å². The normalized spacial score (nSPS) is 14.4.